The predicted molar refractivity (Wildman–Crippen MR) is 183 cm³/mol. The third kappa shape index (κ3) is 3.58. The number of fused-ring (bicyclic) bond motifs is 6. The highest BCUT2D eigenvalue weighted by molar-refractivity contribution is 6.24. The summed E-state index contributed by atoms with van der Waals surface area (Å²) >= 11 is 0. The van der Waals surface area contributed by atoms with Crippen molar-refractivity contribution in [2.24, 2.45) is 0 Å². The smallest absolute Gasteiger partial charge is 0.143 e. The van der Waals surface area contributed by atoms with E-state index in [1.54, 1.807) is 0 Å². The summed E-state index contributed by atoms with van der Waals surface area (Å²) < 4.78 is 6.52. The van der Waals surface area contributed by atoms with Crippen LogP contribution in [0.1, 0.15) is 0 Å². The molecule has 0 aliphatic heterocycles. The number of hydrogen-bond donors (Lipinski definition) is 0. The predicted octanol–water partition coefficient (Wildman–Crippen LogP) is 12.0. The van der Waals surface area contributed by atoms with Gasteiger partial charge < -0.3 is 4.42 Å². The van der Waals surface area contributed by atoms with E-state index in [2.05, 4.69) is 152 Å². The van der Waals surface area contributed by atoms with E-state index in [0.717, 1.165) is 27.5 Å². The van der Waals surface area contributed by atoms with Crippen LogP contribution < -0.4 is 0 Å². The van der Waals surface area contributed by atoms with Crippen LogP contribution in [0.25, 0.3) is 87.6 Å². The van der Waals surface area contributed by atoms with Gasteiger partial charge in [-0.1, -0.05) is 152 Å². The Morgan fingerprint density at radius 3 is 1.44 bits per heavy atom. The van der Waals surface area contributed by atoms with E-state index in [9.17, 15) is 0 Å². The Morgan fingerprint density at radius 2 is 0.721 bits per heavy atom. The molecule has 43 heavy (non-hydrogen) atoms. The average molecular weight is 547 g/mol. The molecule has 0 spiro atoms. The molecule has 0 atom stereocenters. The summed E-state index contributed by atoms with van der Waals surface area (Å²) in [4.78, 5) is 0. The maximum absolute atomic E-state index is 6.52. The molecule has 0 radical (unpaired) electrons. The van der Waals surface area contributed by atoms with Gasteiger partial charge in [-0.25, -0.2) is 0 Å². The van der Waals surface area contributed by atoms with E-state index < -0.39 is 0 Å². The molecule has 8 aromatic carbocycles. The molecule has 9 rings (SSSR count). The molecule has 1 heteroatoms. The maximum Gasteiger partial charge on any atom is 0.143 e. The van der Waals surface area contributed by atoms with Crippen molar-refractivity contribution in [2.45, 2.75) is 0 Å². The van der Waals surface area contributed by atoms with Crippen molar-refractivity contribution in [3.63, 3.8) is 0 Å². The minimum atomic E-state index is 0.915. The topological polar surface area (TPSA) is 13.1 Å². The molecule has 0 amide bonds. The summed E-state index contributed by atoms with van der Waals surface area (Å²) in [6.45, 7) is 0. The van der Waals surface area contributed by atoms with Crippen molar-refractivity contribution in [3.8, 4) is 33.4 Å². The minimum Gasteiger partial charge on any atom is -0.455 e. The fraction of sp³-hybridized carbons (Fsp3) is 0. The van der Waals surface area contributed by atoms with E-state index in [1.807, 2.05) is 6.07 Å². The number of hydrogen-bond acceptors (Lipinski definition) is 1. The highest BCUT2D eigenvalue weighted by atomic mass is 16.3. The molecular weight excluding hydrogens is 520 g/mol. The van der Waals surface area contributed by atoms with Gasteiger partial charge in [0.05, 0.1) is 0 Å². The zero-order valence-electron chi connectivity index (χ0n) is 23.4. The molecule has 0 unspecified atom stereocenters. The van der Waals surface area contributed by atoms with Crippen molar-refractivity contribution in [1.82, 2.24) is 0 Å². The first-order chi connectivity index (χ1) is 21.4. The average Bonchev–Trinajstić information content (AvgIpc) is 3.46. The monoisotopic (exact) mass is 546 g/mol. The first-order valence-electron chi connectivity index (χ1n) is 14.8. The number of benzene rings is 8. The van der Waals surface area contributed by atoms with E-state index in [0.29, 0.717) is 0 Å². The third-order valence-corrected chi connectivity index (χ3v) is 8.88. The fourth-order valence-corrected chi connectivity index (χ4v) is 7.05. The molecule has 0 saturated carbocycles. The molecule has 1 aromatic heterocycles. The van der Waals surface area contributed by atoms with Crippen LogP contribution >= 0.6 is 0 Å². The second-order valence-electron chi connectivity index (χ2n) is 11.2. The Hall–Kier alpha value is -5.66. The second-order valence-corrected chi connectivity index (χ2v) is 11.2. The van der Waals surface area contributed by atoms with Gasteiger partial charge in [0.2, 0.25) is 0 Å². The van der Waals surface area contributed by atoms with Crippen LogP contribution in [0.3, 0.4) is 0 Å². The van der Waals surface area contributed by atoms with Crippen molar-refractivity contribution < 1.29 is 4.42 Å². The van der Waals surface area contributed by atoms with Crippen LogP contribution in [0.2, 0.25) is 0 Å². The first-order valence-corrected chi connectivity index (χ1v) is 14.8. The van der Waals surface area contributed by atoms with E-state index in [4.69, 9.17) is 4.42 Å². The highest BCUT2D eigenvalue weighted by Gasteiger charge is 2.21. The lowest BCUT2D eigenvalue weighted by Gasteiger charge is -2.20. The molecule has 0 bridgehead atoms. The summed E-state index contributed by atoms with van der Waals surface area (Å²) in [5, 5.41) is 9.80. The van der Waals surface area contributed by atoms with Crippen molar-refractivity contribution >= 4 is 54.3 Å². The molecule has 0 N–H and O–H groups in total. The second kappa shape index (κ2) is 9.44. The lowest BCUT2D eigenvalue weighted by atomic mass is 9.83. The summed E-state index contributed by atoms with van der Waals surface area (Å²) in [5.41, 5.74) is 9.11. The summed E-state index contributed by atoms with van der Waals surface area (Å²) in [6.07, 6.45) is 0. The quantitative estimate of drug-likeness (QED) is 0.201. The van der Waals surface area contributed by atoms with E-state index >= 15 is 0 Å². The van der Waals surface area contributed by atoms with Gasteiger partial charge in [-0.05, 0) is 66.2 Å². The van der Waals surface area contributed by atoms with Crippen LogP contribution in [0.15, 0.2) is 162 Å². The Bertz CT molecular complexity index is 2450. The van der Waals surface area contributed by atoms with Gasteiger partial charge in [0.15, 0.2) is 0 Å². The van der Waals surface area contributed by atoms with Gasteiger partial charge in [-0.3, -0.25) is 0 Å². The van der Waals surface area contributed by atoms with Crippen molar-refractivity contribution in [2.75, 3.05) is 0 Å². The van der Waals surface area contributed by atoms with E-state index in [1.165, 1.54) is 60.1 Å². The highest BCUT2D eigenvalue weighted by Crippen LogP contribution is 2.48. The standard InChI is InChI=1S/C42H26O/c1-2-15-28-27(13-1)14-11-23-31(28)40-33-19-5-7-21-35(33)41(36-22-8-6-20-34(36)40)32-18-4-3-16-29(32)37-24-12-25-38-30-17-9-10-26-39(30)43-42(37)38/h1-26H. The number of furan rings is 1. The van der Waals surface area contributed by atoms with Gasteiger partial charge >= 0.3 is 0 Å². The molecule has 0 aliphatic carbocycles. The molecule has 200 valence electrons. The fourth-order valence-electron chi connectivity index (χ4n) is 7.05. The van der Waals surface area contributed by atoms with Crippen LogP contribution in [0.5, 0.6) is 0 Å². The van der Waals surface area contributed by atoms with Crippen LogP contribution in [0.4, 0.5) is 0 Å². The normalized spacial score (nSPS) is 11.7. The lowest BCUT2D eigenvalue weighted by Crippen LogP contribution is -1.93. The molecule has 1 heterocycles. The summed E-state index contributed by atoms with van der Waals surface area (Å²) in [5.74, 6) is 0. The Kier molecular flexibility index (Phi) is 5.27. The minimum absolute atomic E-state index is 0.915. The Balaban J connectivity index is 1.40. The molecule has 0 saturated heterocycles. The molecule has 0 aliphatic rings. The maximum atomic E-state index is 6.52. The summed E-state index contributed by atoms with van der Waals surface area (Å²) in [7, 11) is 0. The van der Waals surface area contributed by atoms with Gasteiger partial charge in [-0.2, -0.15) is 0 Å². The molecule has 0 fully saturated rings. The first kappa shape index (κ1) is 24.0. The molecule has 1 nitrogen and oxygen atoms in total. The van der Waals surface area contributed by atoms with Gasteiger partial charge in [0.25, 0.3) is 0 Å². The van der Waals surface area contributed by atoms with Gasteiger partial charge in [-0.15, -0.1) is 0 Å². The Morgan fingerprint density at radius 1 is 0.279 bits per heavy atom. The van der Waals surface area contributed by atoms with Crippen molar-refractivity contribution in [1.29, 1.82) is 0 Å². The van der Waals surface area contributed by atoms with Gasteiger partial charge in [0, 0.05) is 16.3 Å². The van der Waals surface area contributed by atoms with E-state index in [-0.39, 0.29) is 0 Å². The zero-order valence-corrected chi connectivity index (χ0v) is 23.4. The van der Waals surface area contributed by atoms with Gasteiger partial charge in [0.1, 0.15) is 11.2 Å². The lowest BCUT2D eigenvalue weighted by molar-refractivity contribution is 0.670. The number of para-hydroxylation sites is 2. The number of rotatable bonds is 3. The van der Waals surface area contributed by atoms with Crippen LogP contribution in [0, 0.1) is 0 Å². The molecular formula is C42H26O. The molecule has 9 aromatic rings. The summed E-state index contributed by atoms with van der Waals surface area (Å²) in [6, 6.07) is 56.7. The Labute approximate surface area is 249 Å². The van der Waals surface area contributed by atoms with Crippen molar-refractivity contribution in [3.05, 3.63) is 158 Å². The van der Waals surface area contributed by atoms with Crippen LogP contribution in [-0.2, 0) is 0 Å². The largest absolute Gasteiger partial charge is 0.455 e. The zero-order chi connectivity index (χ0) is 28.3. The third-order valence-electron chi connectivity index (χ3n) is 8.88. The SMILES string of the molecule is c1ccc(-c2cccc3c2oc2ccccc23)c(-c2c3ccccc3c(-c3cccc4ccccc34)c3ccccc23)c1. The van der Waals surface area contributed by atoms with Crippen LogP contribution in [-0.4, -0.2) is 0 Å².